The zero-order chi connectivity index (χ0) is 22.5. The Balaban J connectivity index is 1.56. The Kier molecular flexibility index (Phi) is 6.47. The fourth-order valence-electron chi connectivity index (χ4n) is 3.67. The fourth-order valence-corrected chi connectivity index (χ4v) is 4.06. The number of nitrogens with one attached hydrogen (secondary N) is 1. The van der Waals surface area contributed by atoms with Gasteiger partial charge in [-0.05, 0) is 54.2 Å². The van der Waals surface area contributed by atoms with Crippen LogP contribution in [0.1, 0.15) is 12.0 Å². The second-order valence-corrected chi connectivity index (χ2v) is 7.77. The van der Waals surface area contributed by atoms with Gasteiger partial charge in [-0.2, -0.15) is 0 Å². The van der Waals surface area contributed by atoms with Crippen molar-refractivity contribution in [3.63, 3.8) is 0 Å². The van der Waals surface area contributed by atoms with Crippen molar-refractivity contribution < 1.29 is 14.3 Å². The minimum atomic E-state index is -0.693. The van der Waals surface area contributed by atoms with Crippen LogP contribution < -0.4 is 15.0 Å². The monoisotopic (exact) mass is 445 g/mol. The van der Waals surface area contributed by atoms with E-state index in [1.54, 1.807) is 31.4 Å². The molecule has 1 aliphatic heterocycles. The van der Waals surface area contributed by atoms with E-state index in [2.05, 4.69) is 5.32 Å². The lowest BCUT2D eigenvalue weighted by Gasteiger charge is -2.24. The van der Waals surface area contributed by atoms with E-state index >= 15 is 0 Å². The summed E-state index contributed by atoms with van der Waals surface area (Å²) < 4.78 is 5.15. The Labute approximate surface area is 192 Å². The van der Waals surface area contributed by atoms with Crippen molar-refractivity contribution in [2.45, 2.75) is 19.0 Å². The molecule has 0 aliphatic carbocycles. The Morgan fingerprint density at radius 3 is 2.22 bits per heavy atom. The molecule has 162 valence electrons. The minimum absolute atomic E-state index is 0.0127. The van der Waals surface area contributed by atoms with Crippen molar-refractivity contribution in [1.29, 1.82) is 0 Å². The lowest BCUT2D eigenvalue weighted by Crippen LogP contribution is -2.37. The molecule has 1 atom stereocenters. The van der Waals surface area contributed by atoms with Crippen LogP contribution in [-0.4, -0.2) is 35.0 Å². The first-order valence-electron chi connectivity index (χ1n) is 10.2. The fraction of sp³-hybridized carbons (Fsp3) is 0.160. The summed E-state index contributed by atoms with van der Waals surface area (Å²) in [5.74, 6) is 0.234. The van der Waals surface area contributed by atoms with E-state index in [0.717, 1.165) is 5.56 Å². The number of hydrogen-bond donors (Lipinski definition) is 1. The zero-order valence-electron chi connectivity index (χ0n) is 17.6. The summed E-state index contributed by atoms with van der Waals surface area (Å²) in [5, 5.41) is 3.26. The van der Waals surface area contributed by atoms with Gasteiger partial charge in [-0.3, -0.25) is 14.5 Å². The summed E-state index contributed by atoms with van der Waals surface area (Å²) in [7, 11) is 1.59. The highest BCUT2D eigenvalue weighted by atomic mass is 32.1. The number of rotatable bonds is 7. The summed E-state index contributed by atoms with van der Waals surface area (Å²) in [6.07, 6.45) is -0.0127. The van der Waals surface area contributed by atoms with Crippen LogP contribution in [0.25, 0.3) is 0 Å². The first kappa shape index (κ1) is 21.5. The number of methoxy groups -OCH3 is 1. The van der Waals surface area contributed by atoms with Gasteiger partial charge in [0.25, 0.3) is 5.91 Å². The molecule has 0 bridgehead atoms. The van der Waals surface area contributed by atoms with Gasteiger partial charge in [-0.25, -0.2) is 0 Å². The predicted molar refractivity (Wildman–Crippen MR) is 129 cm³/mol. The molecule has 1 N–H and O–H groups in total. The number of carbonyl (C=O) groups is 2. The number of ether oxygens (including phenoxy) is 1. The third-order valence-corrected chi connectivity index (χ3v) is 5.70. The Bertz CT molecular complexity index is 1100. The first-order chi connectivity index (χ1) is 15.6. The van der Waals surface area contributed by atoms with Gasteiger partial charge in [0.15, 0.2) is 5.11 Å². The Morgan fingerprint density at radius 1 is 0.969 bits per heavy atom. The van der Waals surface area contributed by atoms with Crippen molar-refractivity contribution in [1.82, 2.24) is 4.90 Å². The number of benzene rings is 3. The van der Waals surface area contributed by atoms with Crippen molar-refractivity contribution in [2.24, 2.45) is 0 Å². The van der Waals surface area contributed by atoms with Gasteiger partial charge in [-0.1, -0.05) is 48.5 Å². The lowest BCUT2D eigenvalue weighted by molar-refractivity contribution is -0.124. The van der Waals surface area contributed by atoms with Crippen molar-refractivity contribution in [3.05, 3.63) is 90.5 Å². The Hall–Kier alpha value is -3.71. The highest BCUT2D eigenvalue weighted by Crippen LogP contribution is 2.29. The molecule has 32 heavy (non-hydrogen) atoms. The van der Waals surface area contributed by atoms with Gasteiger partial charge in [0.2, 0.25) is 5.91 Å². The van der Waals surface area contributed by atoms with Crippen LogP contribution in [0.15, 0.2) is 84.9 Å². The maximum Gasteiger partial charge on any atom is 0.256 e. The standard InChI is InChI=1S/C25H23N3O3S/c1-31-21-14-12-19(13-15-21)26-23(29)16-22-24(30)28(20-10-6-3-7-11-20)25(32)27(22)17-18-8-4-2-5-9-18/h2-15,22H,16-17H2,1H3,(H,26,29)/t22-/m1/s1. The zero-order valence-corrected chi connectivity index (χ0v) is 18.4. The van der Waals surface area contributed by atoms with Crippen LogP contribution in [0.2, 0.25) is 0 Å². The van der Waals surface area contributed by atoms with Gasteiger partial charge < -0.3 is 15.0 Å². The largest absolute Gasteiger partial charge is 0.497 e. The molecule has 3 aromatic carbocycles. The molecule has 3 aromatic rings. The van der Waals surface area contributed by atoms with Gasteiger partial charge >= 0.3 is 0 Å². The van der Waals surface area contributed by atoms with E-state index in [-0.39, 0.29) is 18.2 Å². The van der Waals surface area contributed by atoms with Crippen molar-refractivity contribution in [3.8, 4) is 5.75 Å². The van der Waals surface area contributed by atoms with E-state index in [0.29, 0.717) is 28.8 Å². The van der Waals surface area contributed by atoms with Crippen LogP contribution in [-0.2, 0) is 16.1 Å². The summed E-state index contributed by atoms with van der Waals surface area (Å²) >= 11 is 5.69. The topological polar surface area (TPSA) is 61.9 Å². The van der Waals surface area contributed by atoms with E-state index in [4.69, 9.17) is 17.0 Å². The maximum absolute atomic E-state index is 13.4. The molecule has 0 unspecified atom stereocenters. The van der Waals surface area contributed by atoms with Crippen LogP contribution in [0, 0.1) is 0 Å². The van der Waals surface area contributed by atoms with E-state index in [9.17, 15) is 9.59 Å². The highest BCUT2D eigenvalue weighted by molar-refractivity contribution is 7.80. The molecule has 6 nitrogen and oxygen atoms in total. The van der Waals surface area contributed by atoms with Gasteiger partial charge in [0, 0.05) is 12.2 Å². The molecule has 0 spiro atoms. The normalized spacial score (nSPS) is 15.7. The van der Waals surface area contributed by atoms with Gasteiger partial charge in [0.1, 0.15) is 11.8 Å². The van der Waals surface area contributed by atoms with E-state index in [1.807, 2.05) is 65.6 Å². The molecule has 0 aromatic heterocycles. The van der Waals surface area contributed by atoms with Crippen LogP contribution in [0.4, 0.5) is 11.4 Å². The molecule has 4 rings (SSSR count). The quantitative estimate of drug-likeness (QED) is 0.552. The maximum atomic E-state index is 13.4. The van der Waals surface area contributed by atoms with Crippen molar-refractivity contribution >= 4 is 40.5 Å². The number of amides is 2. The highest BCUT2D eigenvalue weighted by Gasteiger charge is 2.44. The number of para-hydroxylation sites is 1. The molecule has 1 fully saturated rings. The third-order valence-electron chi connectivity index (χ3n) is 5.28. The summed E-state index contributed by atoms with van der Waals surface area (Å²) in [6, 6.07) is 25.4. The number of nitrogens with zero attached hydrogens (tertiary/aromatic N) is 2. The molecular weight excluding hydrogens is 422 g/mol. The summed E-state index contributed by atoms with van der Waals surface area (Å²) in [5.41, 5.74) is 2.34. The predicted octanol–water partition coefficient (Wildman–Crippen LogP) is 4.23. The van der Waals surface area contributed by atoms with E-state index in [1.165, 1.54) is 4.90 Å². The average molecular weight is 446 g/mol. The molecule has 1 saturated heterocycles. The molecule has 1 aliphatic rings. The molecular formula is C25H23N3O3S. The minimum Gasteiger partial charge on any atom is -0.497 e. The number of anilines is 2. The number of carbonyl (C=O) groups excluding carboxylic acids is 2. The molecule has 7 heteroatoms. The lowest BCUT2D eigenvalue weighted by atomic mass is 10.1. The van der Waals surface area contributed by atoms with Crippen LogP contribution >= 0.6 is 12.2 Å². The number of hydrogen-bond acceptors (Lipinski definition) is 4. The molecule has 0 radical (unpaired) electrons. The Morgan fingerprint density at radius 2 is 1.59 bits per heavy atom. The second-order valence-electron chi connectivity index (χ2n) is 7.40. The van der Waals surface area contributed by atoms with Gasteiger partial charge in [0.05, 0.1) is 19.2 Å². The average Bonchev–Trinajstić information content (AvgIpc) is 3.04. The van der Waals surface area contributed by atoms with Crippen LogP contribution in [0.3, 0.4) is 0 Å². The van der Waals surface area contributed by atoms with Gasteiger partial charge in [-0.15, -0.1) is 0 Å². The van der Waals surface area contributed by atoms with E-state index < -0.39 is 6.04 Å². The van der Waals surface area contributed by atoms with Crippen LogP contribution in [0.5, 0.6) is 5.75 Å². The first-order valence-corrected chi connectivity index (χ1v) is 10.6. The SMILES string of the molecule is COc1ccc(NC(=O)C[C@@H]2C(=O)N(c3ccccc3)C(=S)N2Cc2ccccc2)cc1. The summed E-state index contributed by atoms with van der Waals surface area (Å²) in [6.45, 7) is 0.440. The molecule has 2 amide bonds. The molecule has 0 saturated carbocycles. The summed E-state index contributed by atoms with van der Waals surface area (Å²) in [4.78, 5) is 29.6. The molecule has 1 heterocycles. The second kappa shape index (κ2) is 9.62. The number of thiocarbonyl (C=S) groups is 1. The third kappa shape index (κ3) is 4.63. The smallest absolute Gasteiger partial charge is 0.256 e. The van der Waals surface area contributed by atoms with Crippen molar-refractivity contribution in [2.75, 3.05) is 17.3 Å².